The summed E-state index contributed by atoms with van der Waals surface area (Å²) >= 11 is 6.05. The Balaban J connectivity index is 1.98. The molecule has 1 saturated heterocycles. The van der Waals surface area contributed by atoms with Gasteiger partial charge in [-0.2, -0.15) is 4.98 Å². The second-order valence-electron chi connectivity index (χ2n) is 4.67. The van der Waals surface area contributed by atoms with E-state index in [9.17, 15) is 0 Å². The summed E-state index contributed by atoms with van der Waals surface area (Å²) in [5.74, 6) is 1.54. The fourth-order valence-electron chi connectivity index (χ4n) is 2.28. The molecule has 6 nitrogen and oxygen atoms in total. The van der Waals surface area contributed by atoms with Gasteiger partial charge in [-0.1, -0.05) is 11.6 Å². The first kappa shape index (κ1) is 13.1. The molecular weight excluding hydrogens is 280 g/mol. The van der Waals surface area contributed by atoms with Crippen LogP contribution < -0.4 is 15.4 Å². The van der Waals surface area contributed by atoms with Crippen molar-refractivity contribution in [1.82, 2.24) is 10.1 Å². The summed E-state index contributed by atoms with van der Waals surface area (Å²) in [6.45, 7) is 1.91. The molecule has 2 aromatic rings. The van der Waals surface area contributed by atoms with E-state index < -0.39 is 0 Å². The highest BCUT2D eigenvalue weighted by Crippen LogP contribution is 2.36. The highest BCUT2D eigenvalue weighted by molar-refractivity contribution is 6.33. The molecule has 20 heavy (non-hydrogen) atoms. The normalized spacial score (nSPS) is 14.8. The van der Waals surface area contributed by atoms with E-state index in [1.165, 1.54) is 0 Å². The maximum atomic E-state index is 6.05. The number of methoxy groups -OCH3 is 1. The quantitative estimate of drug-likeness (QED) is 0.877. The Morgan fingerprint density at radius 2 is 2.10 bits per heavy atom. The number of anilines is 2. The van der Waals surface area contributed by atoms with Crippen molar-refractivity contribution >= 4 is 23.2 Å². The van der Waals surface area contributed by atoms with Crippen molar-refractivity contribution in [3.8, 4) is 17.2 Å². The minimum absolute atomic E-state index is 0.380. The summed E-state index contributed by atoms with van der Waals surface area (Å²) < 4.78 is 10.6. The number of rotatable bonds is 3. The standard InChI is InChI=1S/C13H15ClN4O2/c1-19-11-7-10(15)9(14)6-8(11)12-16-13(17-20-12)18-4-2-3-5-18/h6-7H,2-5,15H2,1H3. The van der Waals surface area contributed by atoms with E-state index in [2.05, 4.69) is 15.0 Å². The molecule has 0 radical (unpaired) electrons. The zero-order valence-corrected chi connectivity index (χ0v) is 11.9. The highest BCUT2D eigenvalue weighted by atomic mass is 35.5. The van der Waals surface area contributed by atoms with Crippen LogP contribution in [0.5, 0.6) is 5.75 Å². The van der Waals surface area contributed by atoms with E-state index in [1.807, 2.05) is 0 Å². The molecule has 2 N–H and O–H groups in total. The molecule has 0 atom stereocenters. The van der Waals surface area contributed by atoms with Crippen molar-refractivity contribution in [2.24, 2.45) is 0 Å². The molecule has 0 unspecified atom stereocenters. The van der Waals surface area contributed by atoms with Crippen LogP contribution in [-0.4, -0.2) is 30.3 Å². The first-order chi connectivity index (χ1) is 9.69. The Morgan fingerprint density at radius 1 is 1.35 bits per heavy atom. The third-order valence-electron chi connectivity index (χ3n) is 3.35. The molecule has 1 aromatic carbocycles. The van der Waals surface area contributed by atoms with Gasteiger partial charge in [0.2, 0.25) is 0 Å². The summed E-state index contributed by atoms with van der Waals surface area (Å²) in [5, 5.41) is 4.44. The zero-order valence-electron chi connectivity index (χ0n) is 11.1. The fraction of sp³-hybridized carbons (Fsp3) is 0.385. The topological polar surface area (TPSA) is 77.4 Å². The Kier molecular flexibility index (Phi) is 3.40. The molecule has 0 amide bonds. The predicted molar refractivity (Wildman–Crippen MR) is 77.2 cm³/mol. The Morgan fingerprint density at radius 3 is 2.80 bits per heavy atom. The number of hydrogen-bond donors (Lipinski definition) is 1. The Labute approximate surface area is 121 Å². The SMILES string of the molecule is COc1cc(N)c(Cl)cc1-c1nc(N2CCCC2)no1. The van der Waals surface area contributed by atoms with Gasteiger partial charge in [0.25, 0.3) is 11.8 Å². The van der Waals surface area contributed by atoms with Gasteiger partial charge in [0, 0.05) is 19.2 Å². The van der Waals surface area contributed by atoms with Crippen molar-refractivity contribution in [1.29, 1.82) is 0 Å². The fourth-order valence-corrected chi connectivity index (χ4v) is 2.44. The van der Waals surface area contributed by atoms with Crippen LogP contribution in [0, 0.1) is 0 Å². The van der Waals surface area contributed by atoms with Gasteiger partial charge in [-0.05, 0) is 24.1 Å². The summed E-state index contributed by atoms with van der Waals surface area (Å²) in [5.41, 5.74) is 6.85. The van der Waals surface area contributed by atoms with Crippen molar-refractivity contribution in [2.45, 2.75) is 12.8 Å². The molecule has 1 aliphatic rings. The summed E-state index contributed by atoms with van der Waals surface area (Å²) in [7, 11) is 1.56. The number of nitrogen functional groups attached to an aromatic ring is 1. The number of aromatic nitrogens is 2. The zero-order chi connectivity index (χ0) is 14.1. The van der Waals surface area contributed by atoms with Gasteiger partial charge in [0.05, 0.1) is 23.4 Å². The summed E-state index contributed by atoms with van der Waals surface area (Å²) in [4.78, 5) is 6.51. The summed E-state index contributed by atoms with van der Waals surface area (Å²) in [6, 6.07) is 3.33. The van der Waals surface area contributed by atoms with Crippen LogP contribution in [0.25, 0.3) is 11.5 Å². The van der Waals surface area contributed by atoms with E-state index in [4.69, 9.17) is 26.6 Å². The number of benzene rings is 1. The molecule has 0 spiro atoms. The second kappa shape index (κ2) is 5.20. The van der Waals surface area contributed by atoms with Gasteiger partial charge in [-0.15, -0.1) is 0 Å². The minimum Gasteiger partial charge on any atom is -0.496 e. The first-order valence-electron chi connectivity index (χ1n) is 6.41. The predicted octanol–water partition coefficient (Wildman–Crippen LogP) is 2.58. The van der Waals surface area contributed by atoms with Gasteiger partial charge < -0.3 is 19.9 Å². The molecule has 1 fully saturated rings. The van der Waals surface area contributed by atoms with Crippen LogP contribution in [-0.2, 0) is 0 Å². The lowest BCUT2D eigenvalue weighted by molar-refractivity contribution is 0.405. The van der Waals surface area contributed by atoms with E-state index in [1.54, 1.807) is 19.2 Å². The van der Waals surface area contributed by atoms with Crippen LogP contribution in [0.4, 0.5) is 11.6 Å². The monoisotopic (exact) mass is 294 g/mol. The van der Waals surface area contributed by atoms with Gasteiger partial charge in [-0.25, -0.2) is 0 Å². The van der Waals surface area contributed by atoms with E-state index in [0.717, 1.165) is 25.9 Å². The first-order valence-corrected chi connectivity index (χ1v) is 6.79. The highest BCUT2D eigenvalue weighted by Gasteiger charge is 2.21. The lowest BCUT2D eigenvalue weighted by Gasteiger charge is -2.10. The summed E-state index contributed by atoms with van der Waals surface area (Å²) in [6.07, 6.45) is 2.31. The second-order valence-corrected chi connectivity index (χ2v) is 5.07. The third kappa shape index (κ3) is 2.27. The van der Waals surface area contributed by atoms with Gasteiger partial charge >= 0.3 is 0 Å². The lowest BCUT2D eigenvalue weighted by Crippen LogP contribution is -2.18. The van der Waals surface area contributed by atoms with Crippen LogP contribution in [0.15, 0.2) is 16.7 Å². The Bertz CT molecular complexity index is 623. The van der Waals surface area contributed by atoms with Crippen molar-refractivity contribution < 1.29 is 9.26 Å². The number of nitrogens with zero attached hydrogens (tertiary/aromatic N) is 3. The molecule has 0 saturated carbocycles. The number of nitrogens with two attached hydrogens (primary N) is 1. The molecule has 0 aliphatic carbocycles. The van der Waals surface area contributed by atoms with Crippen LogP contribution in [0.2, 0.25) is 5.02 Å². The lowest BCUT2D eigenvalue weighted by atomic mass is 10.2. The molecule has 0 bridgehead atoms. The molecule has 7 heteroatoms. The molecule has 2 heterocycles. The average Bonchev–Trinajstić information content (AvgIpc) is 3.10. The number of hydrogen-bond acceptors (Lipinski definition) is 6. The largest absolute Gasteiger partial charge is 0.496 e. The van der Waals surface area contributed by atoms with E-state index in [-0.39, 0.29) is 0 Å². The molecular formula is C13H15ClN4O2. The van der Waals surface area contributed by atoms with Gasteiger partial charge in [0.1, 0.15) is 5.75 Å². The van der Waals surface area contributed by atoms with Gasteiger partial charge in [-0.3, -0.25) is 0 Å². The maximum absolute atomic E-state index is 6.05. The van der Waals surface area contributed by atoms with Crippen LogP contribution >= 0.6 is 11.6 Å². The molecule has 1 aromatic heterocycles. The smallest absolute Gasteiger partial charge is 0.266 e. The van der Waals surface area contributed by atoms with Gasteiger partial charge in [0.15, 0.2) is 0 Å². The average molecular weight is 295 g/mol. The van der Waals surface area contributed by atoms with Crippen molar-refractivity contribution in [2.75, 3.05) is 30.8 Å². The number of ether oxygens (including phenoxy) is 1. The van der Waals surface area contributed by atoms with Crippen LogP contribution in [0.3, 0.4) is 0 Å². The molecule has 1 aliphatic heterocycles. The van der Waals surface area contributed by atoms with Crippen molar-refractivity contribution in [3.63, 3.8) is 0 Å². The van der Waals surface area contributed by atoms with E-state index >= 15 is 0 Å². The maximum Gasteiger partial charge on any atom is 0.266 e. The molecule has 106 valence electrons. The van der Waals surface area contributed by atoms with E-state index in [0.29, 0.717) is 33.9 Å². The molecule has 3 rings (SSSR count). The minimum atomic E-state index is 0.380. The van der Waals surface area contributed by atoms with Crippen molar-refractivity contribution in [3.05, 3.63) is 17.2 Å². The third-order valence-corrected chi connectivity index (χ3v) is 3.68. The van der Waals surface area contributed by atoms with Crippen LogP contribution in [0.1, 0.15) is 12.8 Å². The number of halogens is 1. The Hall–Kier alpha value is -1.95.